The van der Waals surface area contributed by atoms with Gasteiger partial charge in [0.15, 0.2) is 11.6 Å². The van der Waals surface area contributed by atoms with Crippen LogP contribution < -0.4 is 5.32 Å². The molecule has 2 N–H and O–H groups in total. The zero-order valence-electron chi connectivity index (χ0n) is 12.5. The highest BCUT2D eigenvalue weighted by Crippen LogP contribution is 2.12. The molecule has 0 aromatic carbocycles. The predicted octanol–water partition coefficient (Wildman–Crippen LogP) is 3.79. The number of hydrogen-bond donors (Lipinski definition) is 2. The van der Waals surface area contributed by atoms with Crippen molar-refractivity contribution in [2.24, 2.45) is 0 Å². The third kappa shape index (κ3) is 4.42. The SMILES string of the molecule is C\C=C/C(/C=C/c1nccc(Nc2cc(C)[nH]n2)n1)=C\C. The number of aromatic nitrogens is 4. The summed E-state index contributed by atoms with van der Waals surface area (Å²) in [6, 6.07) is 3.73. The molecule has 2 rings (SSSR count). The molecule has 0 spiro atoms. The van der Waals surface area contributed by atoms with Crippen LogP contribution in [0.2, 0.25) is 0 Å². The Labute approximate surface area is 124 Å². The third-order valence-electron chi connectivity index (χ3n) is 2.75. The lowest BCUT2D eigenvalue weighted by Gasteiger charge is -2.01. The van der Waals surface area contributed by atoms with E-state index in [1.807, 2.05) is 63.3 Å². The van der Waals surface area contributed by atoms with Crippen molar-refractivity contribution >= 4 is 17.7 Å². The molecule has 0 saturated heterocycles. The van der Waals surface area contributed by atoms with E-state index in [4.69, 9.17) is 0 Å². The number of hydrogen-bond acceptors (Lipinski definition) is 4. The van der Waals surface area contributed by atoms with Gasteiger partial charge in [-0.25, -0.2) is 9.97 Å². The van der Waals surface area contributed by atoms with E-state index >= 15 is 0 Å². The van der Waals surface area contributed by atoms with Crippen LogP contribution in [0.3, 0.4) is 0 Å². The number of H-pyrrole nitrogens is 1. The second-order valence-electron chi connectivity index (χ2n) is 4.48. The standard InChI is InChI=1S/C16H19N5/c1-4-6-13(5-2)7-8-14-17-10-9-15(18-14)19-16-11-12(3)20-21-16/h4-11H,1-3H3,(H2,17,18,19,20,21)/b6-4-,8-7+,13-5+. The molecular weight excluding hydrogens is 262 g/mol. The molecule has 0 amide bonds. The van der Waals surface area contributed by atoms with Crippen molar-refractivity contribution < 1.29 is 0 Å². The van der Waals surface area contributed by atoms with Crippen LogP contribution in [-0.2, 0) is 0 Å². The van der Waals surface area contributed by atoms with Crippen LogP contribution >= 0.6 is 0 Å². The van der Waals surface area contributed by atoms with Gasteiger partial charge in [0.1, 0.15) is 5.82 Å². The molecule has 0 atom stereocenters. The first-order valence-electron chi connectivity index (χ1n) is 6.80. The maximum Gasteiger partial charge on any atom is 0.154 e. The Bertz CT molecular complexity index is 679. The summed E-state index contributed by atoms with van der Waals surface area (Å²) in [6.45, 7) is 5.94. The number of aryl methyl sites for hydroxylation is 1. The molecule has 0 aliphatic rings. The lowest BCUT2D eigenvalue weighted by atomic mass is 10.2. The van der Waals surface area contributed by atoms with Crippen molar-refractivity contribution in [1.29, 1.82) is 0 Å². The molecule has 0 aliphatic carbocycles. The first-order valence-corrected chi connectivity index (χ1v) is 6.80. The second kappa shape index (κ2) is 7.19. The largest absolute Gasteiger partial charge is 0.323 e. The molecule has 2 aromatic rings. The molecule has 5 heteroatoms. The minimum atomic E-state index is 0.649. The fraction of sp³-hybridized carbons (Fsp3) is 0.188. The highest BCUT2D eigenvalue weighted by molar-refractivity contribution is 5.55. The predicted molar refractivity (Wildman–Crippen MR) is 86.2 cm³/mol. The van der Waals surface area contributed by atoms with Gasteiger partial charge >= 0.3 is 0 Å². The summed E-state index contributed by atoms with van der Waals surface area (Å²) in [7, 11) is 0. The van der Waals surface area contributed by atoms with Gasteiger partial charge in [0.05, 0.1) is 0 Å². The Balaban J connectivity index is 2.12. The van der Waals surface area contributed by atoms with Crippen LogP contribution in [0.5, 0.6) is 0 Å². The Kier molecular flexibility index (Phi) is 5.04. The number of rotatable bonds is 5. The minimum Gasteiger partial charge on any atom is -0.323 e. The van der Waals surface area contributed by atoms with Gasteiger partial charge in [0, 0.05) is 18.0 Å². The van der Waals surface area contributed by atoms with Gasteiger partial charge in [0.2, 0.25) is 0 Å². The average Bonchev–Trinajstić information content (AvgIpc) is 2.89. The highest BCUT2D eigenvalue weighted by Gasteiger charge is 2.00. The average molecular weight is 281 g/mol. The van der Waals surface area contributed by atoms with Gasteiger partial charge in [0.25, 0.3) is 0 Å². The summed E-state index contributed by atoms with van der Waals surface area (Å²) in [5.41, 5.74) is 2.11. The molecule has 21 heavy (non-hydrogen) atoms. The molecule has 2 aromatic heterocycles. The summed E-state index contributed by atoms with van der Waals surface area (Å²) in [6.07, 6.45) is 11.7. The van der Waals surface area contributed by atoms with E-state index in [1.54, 1.807) is 6.20 Å². The van der Waals surface area contributed by atoms with E-state index in [1.165, 1.54) is 0 Å². The van der Waals surface area contributed by atoms with Gasteiger partial charge in [-0.15, -0.1) is 0 Å². The van der Waals surface area contributed by atoms with Gasteiger partial charge in [-0.1, -0.05) is 24.3 Å². The fourth-order valence-corrected chi connectivity index (χ4v) is 1.75. The summed E-state index contributed by atoms with van der Waals surface area (Å²) < 4.78 is 0. The van der Waals surface area contributed by atoms with E-state index in [0.29, 0.717) is 11.6 Å². The normalized spacial score (nSPS) is 12.4. The van der Waals surface area contributed by atoms with Crippen LogP contribution in [0.1, 0.15) is 25.4 Å². The van der Waals surface area contributed by atoms with E-state index in [9.17, 15) is 0 Å². The Morgan fingerprint density at radius 3 is 2.76 bits per heavy atom. The fourth-order valence-electron chi connectivity index (χ4n) is 1.75. The van der Waals surface area contributed by atoms with Crippen molar-refractivity contribution in [3.63, 3.8) is 0 Å². The zero-order valence-corrected chi connectivity index (χ0v) is 12.5. The Morgan fingerprint density at radius 2 is 2.10 bits per heavy atom. The first-order chi connectivity index (χ1) is 10.2. The lowest BCUT2D eigenvalue weighted by Crippen LogP contribution is -1.96. The molecule has 2 heterocycles. The van der Waals surface area contributed by atoms with Gasteiger partial charge in [-0.2, -0.15) is 5.10 Å². The Hall–Kier alpha value is -2.69. The molecule has 0 radical (unpaired) electrons. The van der Waals surface area contributed by atoms with Crippen molar-refractivity contribution in [2.45, 2.75) is 20.8 Å². The third-order valence-corrected chi connectivity index (χ3v) is 2.75. The summed E-state index contributed by atoms with van der Waals surface area (Å²) >= 11 is 0. The van der Waals surface area contributed by atoms with Crippen molar-refractivity contribution in [3.05, 3.63) is 59.7 Å². The molecule has 0 unspecified atom stereocenters. The number of nitrogens with one attached hydrogen (secondary N) is 2. The highest BCUT2D eigenvalue weighted by atomic mass is 15.2. The number of anilines is 2. The van der Waals surface area contributed by atoms with Gasteiger partial charge in [-0.3, -0.25) is 5.10 Å². The molecule has 0 saturated carbocycles. The quantitative estimate of drug-likeness (QED) is 0.818. The van der Waals surface area contributed by atoms with E-state index < -0.39 is 0 Å². The first kappa shape index (κ1) is 14.7. The van der Waals surface area contributed by atoms with Crippen LogP contribution in [0, 0.1) is 6.92 Å². The minimum absolute atomic E-state index is 0.649. The van der Waals surface area contributed by atoms with Gasteiger partial charge in [-0.05, 0) is 38.5 Å². The summed E-state index contributed by atoms with van der Waals surface area (Å²) in [5, 5.41) is 10.1. The molecule has 5 nitrogen and oxygen atoms in total. The monoisotopic (exact) mass is 281 g/mol. The molecule has 108 valence electrons. The number of nitrogens with zero attached hydrogens (tertiary/aromatic N) is 3. The molecule has 0 aliphatic heterocycles. The smallest absolute Gasteiger partial charge is 0.154 e. The number of aromatic amines is 1. The maximum absolute atomic E-state index is 4.43. The van der Waals surface area contributed by atoms with Crippen LogP contribution in [0.15, 0.2) is 48.2 Å². The van der Waals surface area contributed by atoms with Crippen LogP contribution in [0.25, 0.3) is 6.08 Å². The summed E-state index contributed by atoms with van der Waals surface area (Å²) in [4.78, 5) is 8.66. The molecule has 0 bridgehead atoms. The molecule has 0 fully saturated rings. The maximum atomic E-state index is 4.43. The molecular formula is C16H19N5. The Morgan fingerprint density at radius 1 is 1.24 bits per heavy atom. The van der Waals surface area contributed by atoms with Crippen molar-refractivity contribution in [2.75, 3.05) is 5.32 Å². The second-order valence-corrected chi connectivity index (χ2v) is 4.48. The number of allylic oxidation sites excluding steroid dienone is 5. The topological polar surface area (TPSA) is 66.5 Å². The van der Waals surface area contributed by atoms with E-state index in [2.05, 4.69) is 25.5 Å². The lowest BCUT2D eigenvalue weighted by molar-refractivity contribution is 1.04. The van der Waals surface area contributed by atoms with Gasteiger partial charge < -0.3 is 5.32 Å². The van der Waals surface area contributed by atoms with E-state index in [0.717, 1.165) is 17.1 Å². The van der Waals surface area contributed by atoms with E-state index in [-0.39, 0.29) is 0 Å². The van der Waals surface area contributed by atoms with Crippen LogP contribution in [0.4, 0.5) is 11.6 Å². The zero-order chi connectivity index (χ0) is 15.1. The van der Waals surface area contributed by atoms with Crippen molar-refractivity contribution in [3.8, 4) is 0 Å². The van der Waals surface area contributed by atoms with Crippen LogP contribution in [-0.4, -0.2) is 20.2 Å². The summed E-state index contributed by atoms with van der Waals surface area (Å²) in [5.74, 6) is 2.10. The van der Waals surface area contributed by atoms with Crippen molar-refractivity contribution in [1.82, 2.24) is 20.2 Å².